The number of pyridine rings is 1. The number of rotatable bonds is 8. The fraction of sp³-hybridized carbons (Fsp3) is 0.206. The van der Waals surface area contributed by atoms with Crippen LogP contribution in [0.3, 0.4) is 0 Å². The number of hydrogen-bond donors (Lipinski definition) is 1. The molecular formula is C34H31NO. The maximum atomic E-state index is 11.4. The Hall–Kier alpha value is -3.75. The van der Waals surface area contributed by atoms with Gasteiger partial charge in [0, 0.05) is 22.7 Å². The summed E-state index contributed by atoms with van der Waals surface area (Å²) in [5, 5.41) is 13.5. The summed E-state index contributed by atoms with van der Waals surface area (Å²) < 4.78 is 0. The molecule has 1 saturated carbocycles. The van der Waals surface area contributed by atoms with Gasteiger partial charge in [0.2, 0.25) is 0 Å². The Bertz CT molecular complexity index is 1450. The average molecular weight is 470 g/mol. The van der Waals surface area contributed by atoms with Crippen molar-refractivity contribution in [3.05, 3.63) is 126 Å². The van der Waals surface area contributed by atoms with Gasteiger partial charge < -0.3 is 5.11 Å². The fourth-order valence-corrected chi connectivity index (χ4v) is 5.23. The van der Waals surface area contributed by atoms with Gasteiger partial charge in [-0.3, -0.25) is 4.98 Å². The monoisotopic (exact) mass is 469 g/mol. The number of nitrogens with zero attached hydrogens (tertiary/aromatic N) is 1. The van der Waals surface area contributed by atoms with Gasteiger partial charge in [-0.15, -0.1) is 0 Å². The highest BCUT2D eigenvalue weighted by molar-refractivity contribution is 5.90. The highest BCUT2D eigenvalue weighted by Gasteiger charge is 2.23. The first-order valence-electron chi connectivity index (χ1n) is 13.1. The summed E-state index contributed by atoms with van der Waals surface area (Å²) in [4.78, 5) is 4.84. The van der Waals surface area contributed by atoms with E-state index in [2.05, 4.69) is 84.9 Å². The minimum atomic E-state index is -0.572. The van der Waals surface area contributed by atoms with Crippen LogP contribution in [0.15, 0.2) is 109 Å². The molecule has 1 aromatic heterocycles. The van der Waals surface area contributed by atoms with Crippen LogP contribution in [0.4, 0.5) is 0 Å². The van der Waals surface area contributed by atoms with Gasteiger partial charge in [0.15, 0.2) is 0 Å². The molecule has 0 amide bonds. The number of aliphatic hydroxyl groups excluding tert-OH is 1. The largest absolute Gasteiger partial charge is 0.388 e. The van der Waals surface area contributed by atoms with Crippen LogP contribution in [-0.4, -0.2) is 10.1 Å². The van der Waals surface area contributed by atoms with Crippen LogP contribution in [0.5, 0.6) is 0 Å². The lowest BCUT2D eigenvalue weighted by atomic mass is 9.92. The molecule has 36 heavy (non-hydrogen) atoms. The smallest absolute Gasteiger partial charge is 0.0817 e. The number of aromatic nitrogens is 1. The van der Waals surface area contributed by atoms with Gasteiger partial charge in [0.25, 0.3) is 0 Å². The average Bonchev–Trinajstić information content (AvgIpc) is 3.79. The number of fused-ring (bicyclic) bond motifs is 1. The second-order valence-electron chi connectivity index (χ2n) is 9.97. The van der Waals surface area contributed by atoms with Crippen molar-refractivity contribution in [2.75, 3.05) is 0 Å². The molecule has 0 spiro atoms. The summed E-state index contributed by atoms with van der Waals surface area (Å²) in [7, 11) is 0. The quantitative estimate of drug-likeness (QED) is 0.247. The zero-order chi connectivity index (χ0) is 24.3. The SMILES string of the molecule is OC(CCCc1ccccc1)c1c(-c2ccc(-c3ccc(C4CC4)cc3)cc2)ncc2ccccc12. The van der Waals surface area contributed by atoms with Crippen LogP contribution in [-0.2, 0) is 6.42 Å². The lowest BCUT2D eigenvalue weighted by Crippen LogP contribution is -2.04. The van der Waals surface area contributed by atoms with Gasteiger partial charge in [-0.05, 0) is 65.7 Å². The molecule has 5 aromatic rings. The molecule has 1 heterocycles. The maximum Gasteiger partial charge on any atom is 0.0817 e. The molecule has 1 aliphatic carbocycles. The van der Waals surface area contributed by atoms with E-state index in [0.29, 0.717) is 6.42 Å². The van der Waals surface area contributed by atoms with Gasteiger partial charge in [-0.1, -0.05) is 103 Å². The van der Waals surface area contributed by atoms with Gasteiger partial charge in [-0.2, -0.15) is 0 Å². The maximum absolute atomic E-state index is 11.4. The van der Waals surface area contributed by atoms with Crippen molar-refractivity contribution in [1.29, 1.82) is 0 Å². The van der Waals surface area contributed by atoms with E-state index in [-0.39, 0.29) is 0 Å². The Morgan fingerprint density at radius 2 is 1.36 bits per heavy atom. The van der Waals surface area contributed by atoms with Crippen molar-refractivity contribution < 1.29 is 5.11 Å². The van der Waals surface area contributed by atoms with E-state index in [1.54, 1.807) is 0 Å². The van der Waals surface area contributed by atoms with Gasteiger partial charge >= 0.3 is 0 Å². The third-order valence-electron chi connectivity index (χ3n) is 7.41. The molecule has 1 aliphatic rings. The molecule has 2 heteroatoms. The topological polar surface area (TPSA) is 33.1 Å². The third kappa shape index (κ3) is 4.82. The van der Waals surface area contributed by atoms with Crippen LogP contribution in [0.2, 0.25) is 0 Å². The van der Waals surface area contributed by atoms with Crippen LogP contribution in [0.1, 0.15) is 54.4 Å². The van der Waals surface area contributed by atoms with E-state index >= 15 is 0 Å². The summed E-state index contributed by atoms with van der Waals surface area (Å²) in [6, 6.07) is 36.4. The molecule has 1 fully saturated rings. The van der Waals surface area contributed by atoms with Gasteiger partial charge in [0.1, 0.15) is 0 Å². The van der Waals surface area contributed by atoms with E-state index in [9.17, 15) is 5.11 Å². The zero-order valence-corrected chi connectivity index (χ0v) is 20.5. The molecular weight excluding hydrogens is 438 g/mol. The summed E-state index contributed by atoms with van der Waals surface area (Å²) in [6.45, 7) is 0. The molecule has 1 unspecified atom stereocenters. The Morgan fingerprint density at radius 1 is 0.722 bits per heavy atom. The highest BCUT2D eigenvalue weighted by atomic mass is 16.3. The fourth-order valence-electron chi connectivity index (χ4n) is 5.23. The molecule has 0 aliphatic heterocycles. The molecule has 2 nitrogen and oxygen atoms in total. The molecule has 1 N–H and O–H groups in total. The first-order valence-corrected chi connectivity index (χ1v) is 13.1. The predicted molar refractivity (Wildman–Crippen MR) is 149 cm³/mol. The molecule has 178 valence electrons. The number of aryl methyl sites for hydroxylation is 1. The highest BCUT2D eigenvalue weighted by Crippen LogP contribution is 2.41. The van der Waals surface area contributed by atoms with Crippen LogP contribution in [0, 0.1) is 0 Å². The van der Waals surface area contributed by atoms with Gasteiger partial charge in [0.05, 0.1) is 11.8 Å². The lowest BCUT2D eigenvalue weighted by molar-refractivity contribution is 0.166. The standard InChI is InChI=1S/C34H31NO/c36-32(12-6-9-24-7-2-1-3-8-24)33-31-11-5-4-10-30(31)23-35-34(33)29-21-19-28(20-22-29)27-17-15-26(16-18-27)25-13-14-25/h1-5,7-8,10-11,15-23,25,32,36H,6,9,12-14H2. The van der Waals surface area contributed by atoms with Crippen LogP contribution < -0.4 is 0 Å². The summed E-state index contributed by atoms with van der Waals surface area (Å²) >= 11 is 0. The van der Waals surface area contributed by atoms with Crippen molar-refractivity contribution in [3.63, 3.8) is 0 Å². The number of aliphatic hydroxyl groups is 1. The van der Waals surface area contributed by atoms with Crippen LogP contribution >= 0.6 is 0 Å². The van der Waals surface area contributed by atoms with E-state index < -0.39 is 6.10 Å². The number of benzene rings is 4. The van der Waals surface area contributed by atoms with E-state index in [1.165, 1.54) is 35.1 Å². The lowest BCUT2D eigenvalue weighted by Gasteiger charge is -2.18. The number of hydrogen-bond acceptors (Lipinski definition) is 2. The molecule has 0 saturated heterocycles. The molecule has 4 aromatic carbocycles. The molecule has 0 bridgehead atoms. The Balaban J connectivity index is 1.28. The minimum Gasteiger partial charge on any atom is -0.388 e. The summed E-state index contributed by atoms with van der Waals surface area (Å²) in [5.41, 5.74) is 8.05. The second-order valence-corrected chi connectivity index (χ2v) is 9.97. The zero-order valence-electron chi connectivity index (χ0n) is 20.5. The third-order valence-corrected chi connectivity index (χ3v) is 7.41. The van der Waals surface area contributed by atoms with Crippen molar-refractivity contribution in [2.24, 2.45) is 0 Å². The van der Waals surface area contributed by atoms with Crippen molar-refractivity contribution in [3.8, 4) is 22.4 Å². The van der Waals surface area contributed by atoms with E-state index in [1.807, 2.05) is 24.4 Å². The van der Waals surface area contributed by atoms with Crippen LogP contribution in [0.25, 0.3) is 33.2 Å². The molecule has 0 radical (unpaired) electrons. The summed E-state index contributed by atoms with van der Waals surface area (Å²) in [6.07, 6.45) is 6.58. The van der Waals surface area contributed by atoms with Crippen molar-refractivity contribution in [2.45, 2.75) is 44.1 Å². The second kappa shape index (κ2) is 10.1. The Labute approximate surface area is 213 Å². The van der Waals surface area contributed by atoms with E-state index in [0.717, 1.165) is 46.4 Å². The minimum absolute atomic E-state index is 0.572. The first-order chi connectivity index (χ1) is 17.8. The van der Waals surface area contributed by atoms with Crippen molar-refractivity contribution in [1.82, 2.24) is 4.98 Å². The Kier molecular flexibility index (Phi) is 6.36. The van der Waals surface area contributed by atoms with E-state index in [4.69, 9.17) is 4.98 Å². The molecule has 1 atom stereocenters. The van der Waals surface area contributed by atoms with Gasteiger partial charge in [-0.25, -0.2) is 0 Å². The first kappa shape index (κ1) is 22.7. The Morgan fingerprint density at radius 3 is 2.08 bits per heavy atom. The van der Waals surface area contributed by atoms with Crippen molar-refractivity contribution >= 4 is 10.8 Å². The normalized spacial score (nSPS) is 14.1. The summed E-state index contributed by atoms with van der Waals surface area (Å²) in [5.74, 6) is 0.776. The molecule has 6 rings (SSSR count). The predicted octanol–water partition coefficient (Wildman–Crippen LogP) is 8.50.